The molecule has 4 aromatic rings. The summed E-state index contributed by atoms with van der Waals surface area (Å²) in [7, 11) is 5.18. The predicted molar refractivity (Wildman–Crippen MR) is 168 cm³/mol. The van der Waals surface area contributed by atoms with Crippen molar-refractivity contribution < 1.29 is 9.14 Å². The third-order valence-electron chi connectivity index (χ3n) is 7.10. The molecule has 5 rings (SSSR count). The molecule has 0 atom stereocenters. The van der Waals surface area contributed by atoms with E-state index in [1.54, 1.807) is 0 Å². The molecule has 0 fully saturated rings. The molecule has 39 heavy (non-hydrogen) atoms. The van der Waals surface area contributed by atoms with E-state index in [9.17, 15) is 4.57 Å². The Bertz CT molecular complexity index is 1560. The number of allylic oxidation sites excluding steroid dienone is 5. The van der Waals surface area contributed by atoms with Crippen molar-refractivity contribution in [2.45, 2.75) is 0 Å². The molecule has 0 radical (unpaired) electrons. The largest absolute Gasteiger partial charge is 0.378 e. The van der Waals surface area contributed by atoms with Gasteiger partial charge < -0.3 is 9.46 Å². The van der Waals surface area contributed by atoms with Crippen LogP contribution in [-0.2, 0) is 4.57 Å². The molecule has 0 N–H and O–H groups in total. The SMILES string of the molecule is CN(C)c1ccc(C(=C2C=CC(=[N+](C)C)C=C2)c2ccc(P(=O)(c3ccccc3)c3ccccc3)cc2)cc1. The number of rotatable bonds is 6. The quantitative estimate of drug-likeness (QED) is 0.225. The van der Waals surface area contributed by atoms with Crippen molar-refractivity contribution in [1.29, 1.82) is 0 Å². The minimum Gasteiger partial charge on any atom is -0.378 e. The van der Waals surface area contributed by atoms with E-state index in [2.05, 4.69) is 98.4 Å². The highest BCUT2D eigenvalue weighted by molar-refractivity contribution is 7.85. The number of hydrogen-bond acceptors (Lipinski definition) is 2. The summed E-state index contributed by atoms with van der Waals surface area (Å²) in [6.45, 7) is 0. The summed E-state index contributed by atoms with van der Waals surface area (Å²) in [4.78, 5) is 2.11. The standard InChI is InChI=1S/C35H34N2OP/c1-36(2)30-21-15-27(16-22-30)35(28-17-23-31(24-18-28)37(3)4)29-19-25-34(26-20-29)39(38,32-11-7-5-8-12-32)33-13-9-6-10-14-33/h5-26H,1-4H3/q+1. The smallest absolute Gasteiger partial charge is 0.199 e. The molecule has 1 aliphatic carbocycles. The maximum absolute atomic E-state index is 14.8. The fourth-order valence-corrected chi connectivity index (χ4v) is 7.56. The molecule has 0 aromatic heterocycles. The minimum absolute atomic E-state index is 0.828. The van der Waals surface area contributed by atoms with Gasteiger partial charge in [-0.2, -0.15) is 0 Å². The second-order valence-corrected chi connectivity index (χ2v) is 12.9. The van der Waals surface area contributed by atoms with E-state index in [0.29, 0.717) is 0 Å². The molecule has 0 unspecified atom stereocenters. The van der Waals surface area contributed by atoms with Gasteiger partial charge in [0.05, 0.1) is 0 Å². The van der Waals surface area contributed by atoms with Crippen LogP contribution in [0.4, 0.5) is 5.69 Å². The summed E-state index contributed by atoms with van der Waals surface area (Å²) >= 11 is 0. The van der Waals surface area contributed by atoms with Gasteiger partial charge in [0.15, 0.2) is 12.9 Å². The van der Waals surface area contributed by atoms with Crippen LogP contribution in [0, 0.1) is 0 Å². The normalized spacial score (nSPS) is 12.9. The fourth-order valence-electron chi connectivity index (χ4n) is 4.91. The zero-order valence-electron chi connectivity index (χ0n) is 23.0. The molecule has 0 saturated heterocycles. The average molecular weight is 530 g/mol. The molecule has 0 heterocycles. The van der Waals surface area contributed by atoms with Crippen molar-refractivity contribution in [2.75, 3.05) is 33.1 Å². The van der Waals surface area contributed by atoms with Crippen molar-refractivity contribution in [3.05, 3.63) is 150 Å². The Morgan fingerprint density at radius 3 is 1.46 bits per heavy atom. The molecular formula is C35H34N2OP+. The molecule has 0 saturated carbocycles. The highest BCUT2D eigenvalue weighted by atomic mass is 31.2. The minimum atomic E-state index is -3.03. The predicted octanol–water partition coefficient (Wildman–Crippen LogP) is 6.03. The van der Waals surface area contributed by atoms with Gasteiger partial charge in [-0.15, -0.1) is 0 Å². The molecule has 0 spiro atoms. The van der Waals surface area contributed by atoms with E-state index in [1.807, 2.05) is 72.8 Å². The highest BCUT2D eigenvalue weighted by Crippen LogP contribution is 2.42. The molecule has 1 aliphatic rings. The summed E-state index contributed by atoms with van der Waals surface area (Å²) in [6, 6.07) is 36.6. The van der Waals surface area contributed by atoms with Crippen LogP contribution in [0.15, 0.2) is 139 Å². The molecule has 4 aromatic carbocycles. The van der Waals surface area contributed by atoms with Crippen LogP contribution in [0.5, 0.6) is 0 Å². The van der Waals surface area contributed by atoms with Gasteiger partial charge in [-0.25, -0.2) is 4.58 Å². The molecule has 0 aliphatic heterocycles. The van der Waals surface area contributed by atoms with Crippen LogP contribution in [-0.4, -0.2) is 38.5 Å². The zero-order chi connectivity index (χ0) is 27.4. The van der Waals surface area contributed by atoms with Gasteiger partial charge in [-0.1, -0.05) is 97.1 Å². The lowest BCUT2D eigenvalue weighted by molar-refractivity contribution is -0.462. The van der Waals surface area contributed by atoms with Crippen LogP contribution in [0.2, 0.25) is 0 Å². The second-order valence-electron chi connectivity index (χ2n) is 10.1. The van der Waals surface area contributed by atoms with E-state index >= 15 is 0 Å². The van der Waals surface area contributed by atoms with Gasteiger partial charge >= 0.3 is 0 Å². The first-order valence-electron chi connectivity index (χ1n) is 13.1. The number of hydrogen-bond donors (Lipinski definition) is 0. The van der Waals surface area contributed by atoms with E-state index in [1.165, 1.54) is 0 Å². The third-order valence-corrected chi connectivity index (χ3v) is 10.2. The monoisotopic (exact) mass is 529 g/mol. The third kappa shape index (κ3) is 5.37. The Hall–Kier alpha value is -4.20. The van der Waals surface area contributed by atoms with Crippen molar-refractivity contribution in [3.63, 3.8) is 0 Å². The first-order valence-corrected chi connectivity index (χ1v) is 14.8. The Kier molecular flexibility index (Phi) is 7.63. The van der Waals surface area contributed by atoms with E-state index in [-0.39, 0.29) is 0 Å². The van der Waals surface area contributed by atoms with Crippen molar-refractivity contribution in [3.8, 4) is 0 Å². The van der Waals surface area contributed by atoms with E-state index in [0.717, 1.165) is 49.6 Å². The zero-order valence-corrected chi connectivity index (χ0v) is 23.8. The van der Waals surface area contributed by atoms with Crippen LogP contribution in [0.1, 0.15) is 11.1 Å². The number of nitrogens with zero attached hydrogens (tertiary/aromatic N) is 2. The van der Waals surface area contributed by atoms with Crippen LogP contribution in [0.25, 0.3) is 5.57 Å². The van der Waals surface area contributed by atoms with Crippen LogP contribution < -0.4 is 20.8 Å². The van der Waals surface area contributed by atoms with Crippen molar-refractivity contribution in [1.82, 2.24) is 0 Å². The van der Waals surface area contributed by atoms with E-state index < -0.39 is 7.14 Å². The Morgan fingerprint density at radius 2 is 1.03 bits per heavy atom. The topological polar surface area (TPSA) is 23.3 Å². The van der Waals surface area contributed by atoms with Gasteiger partial charge in [-0.05, 0) is 46.6 Å². The number of anilines is 1. The average Bonchev–Trinajstić information content (AvgIpc) is 2.99. The molecule has 3 nitrogen and oxygen atoms in total. The first-order chi connectivity index (χ1) is 18.9. The lowest BCUT2D eigenvalue weighted by Gasteiger charge is -2.21. The fraction of sp³-hybridized carbons (Fsp3) is 0.114. The molecular weight excluding hydrogens is 495 g/mol. The van der Waals surface area contributed by atoms with Gasteiger partial charge in [0.1, 0.15) is 14.1 Å². The lowest BCUT2D eigenvalue weighted by atomic mass is 9.90. The van der Waals surface area contributed by atoms with Gasteiger partial charge in [0, 0.05) is 47.8 Å². The second kappa shape index (κ2) is 11.3. The molecule has 194 valence electrons. The van der Waals surface area contributed by atoms with Gasteiger partial charge in [-0.3, -0.25) is 0 Å². The highest BCUT2D eigenvalue weighted by Gasteiger charge is 2.29. The lowest BCUT2D eigenvalue weighted by Crippen LogP contribution is -2.24. The first kappa shape index (κ1) is 26.4. The van der Waals surface area contributed by atoms with Gasteiger partial charge in [0.25, 0.3) is 0 Å². The maximum Gasteiger partial charge on any atom is 0.199 e. The number of benzene rings is 4. The summed E-state index contributed by atoms with van der Waals surface area (Å²) < 4.78 is 16.9. The Balaban J connectivity index is 1.64. The van der Waals surface area contributed by atoms with Gasteiger partial charge in [0.2, 0.25) is 0 Å². The van der Waals surface area contributed by atoms with Crippen LogP contribution in [0.3, 0.4) is 0 Å². The summed E-state index contributed by atoms with van der Waals surface area (Å²) in [6.07, 6.45) is 8.66. The van der Waals surface area contributed by atoms with Crippen LogP contribution >= 0.6 is 7.14 Å². The summed E-state index contributed by atoms with van der Waals surface area (Å²) in [5.41, 5.74) is 6.82. The molecule has 4 heteroatoms. The molecule has 0 bridgehead atoms. The van der Waals surface area contributed by atoms with Crippen molar-refractivity contribution in [2.24, 2.45) is 0 Å². The Morgan fingerprint density at radius 1 is 0.590 bits per heavy atom. The van der Waals surface area contributed by atoms with Crippen molar-refractivity contribution >= 4 is 40.0 Å². The van der Waals surface area contributed by atoms with E-state index in [4.69, 9.17) is 0 Å². The molecule has 0 amide bonds. The summed E-state index contributed by atoms with van der Waals surface area (Å²) in [5.74, 6) is 0. The maximum atomic E-state index is 14.8. The Labute approximate surface area is 232 Å². The summed E-state index contributed by atoms with van der Waals surface area (Å²) in [5, 5.41) is 2.51.